The summed E-state index contributed by atoms with van der Waals surface area (Å²) in [6.07, 6.45) is 0.667. The molecule has 0 saturated carbocycles. The van der Waals surface area contributed by atoms with E-state index < -0.39 is 10.0 Å². The Balaban J connectivity index is 2.28. The number of sulfonamides is 1. The Morgan fingerprint density at radius 1 is 1.18 bits per heavy atom. The molecule has 1 N–H and O–H groups in total. The van der Waals surface area contributed by atoms with Crippen molar-refractivity contribution in [3.8, 4) is 5.75 Å². The summed E-state index contributed by atoms with van der Waals surface area (Å²) < 4.78 is 33.6. The normalized spacial score (nSPS) is 12.9. The second-order valence-corrected chi connectivity index (χ2v) is 7.36. The molecule has 22 heavy (non-hydrogen) atoms. The van der Waals surface area contributed by atoms with Gasteiger partial charge in [-0.1, -0.05) is 37.3 Å². The maximum atomic E-state index is 12.6. The molecule has 6 heteroatoms. The third-order valence-corrected chi connectivity index (χ3v) is 5.43. The summed E-state index contributed by atoms with van der Waals surface area (Å²) in [6.45, 7) is 1.95. The molecule has 0 unspecified atom stereocenters. The van der Waals surface area contributed by atoms with Gasteiger partial charge >= 0.3 is 0 Å². The van der Waals surface area contributed by atoms with Gasteiger partial charge in [-0.3, -0.25) is 0 Å². The Labute approximate surface area is 139 Å². The number of hydrogen-bond donors (Lipinski definition) is 1. The first-order valence-electron chi connectivity index (χ1n) is 6.88. The Morgan fingerprint density at radius 3 is 2.41 bits per heavy atom. The lowest BCUT2D eigenvalue weighted by Gasteiger charge is -2.18. The van der Waals surface area contributed by atoms with Crippen molar-refractivity contribution in [3.05, 3.63) is 58.6 Å². The fourth-order valence-corrected chi connectivity index (χ4v) is 4.17. The lowest BCUT2D eigenvalue weighted by Crippen LogP contribution is -2.28. The van der Waals surface area contributed by atoms with E-state index in [0.29, 0.717) is 16.6 Å². The third kappa shape index (κ3) is 3.88. The predicted octanol–water partition coefficient (Wildman–Crippen LogP) is 3.89. The molecule has 2 rings (SSSR count). The standard InChI is InChI=1S/C16H18BrNO3S/c1-3-15(12-7-5-4-6-8-12)18-22(19,20)13-9-10-16(21-2)14(17)11-13/h4-11,15,18H,3H2,1-2H3/t15-/m0/s1. The maximum Gasteiger partial charge on any atom is 0.241 e. The van der Waals surface area contributed by atoms with Crippen LogP contribution in [-0.4, -0.2) is 15.5 Å². The first-order chi connectivity index (χ1) is 10.5. The van der Waals surface area contributed by atoms with Gasteiger partial charge in [-0.15, -0.1) is 0 Å². The molecular weight excluding hydrogens is 366 g/mol. The summed E-state index contributed by atoms with van der Waals surface area (Å²) in [7, 11) is -2.07. The molecule has 0 amide bonds. The average molecular weight is 384 g/mol. The predicted molar refractivity (Wildman–Crippen MR) is 90.5 cm³/mol. The number of hydrogen-bond acceptors (Lipinski definition) is 3. The molecule has 0 aliphatic rings. The molecule has 2 aromatic carbocycles. The summed E-state index contributed by atoms with van der Waals surface area (Å²) in [5, 5.41) is 0. The topological polar surface area (TPSA) is 55.4 Å². The van der Waals surface area contributed by atoms with E-state index in [0.717, 1.165) is 5.56 Å². The number of nitrogens with one attached hydrogen (secondary N) is 1. The van der Waals surface area contributed by atoms with Crippen LogP contribution >= 0.6 is 15.9 Å². The molecule has 0 saturated heterocycles. The SMILES string of the molecule is CC[C@H](NS(=O)(=O)c1ccc(OC)c(Br)c1)c1ccccc1. The van der Waals surface area contributed by atoms with Gasteiger partial charge in [-0.25, -0.2) is 13.1 Å². The molecule has 0 heterocycles. The molecular formula is C16H18BrNO3S. The smallest absolute Gasteiger partial charge is 0.241 e. The fraction of sp³-hybridized carbons (Fsp3) is 0.250. The van der Waals surface area contributed by atoms with Gasteiger partial charge in [0.1, 0.15) is 5.75 Å². The number of benzene rings is 2. The van der Waals surface area contributed by atoms with Crippen LogP contribution in [-0.2, 0) is 10.0 Å². The summed E-state index contributed by atoms with van der Waals surface area (Å²) in [5.74, 6) is 0.592. The van der Waals surface area contributed by atoms with E-state index >= 15 is 0 Å². The van der Waals surface area contributed by atoms with Crippen LogP contribution in [0.1, 0.15) is 24.9 Å². The van der Waals surface area contributed by atoms with Crippen molar-refractivity contribution < 1.29 is 13.2 Å². The lowest BCUT2D eigenvalue weighted by atomic mass is 10.1. The zero-order valence-electron chi connectivity index (χ0n) is 12.4. The van der Waals surface area contributed by atoms with Gasteiger partial charge in [0.25, 0.3) is 0 Å². The largest absolute Gasteiger partial charge is 0.496 e. The minimum absolute atomic E-state index is 0.203. The average Bonchev–Trinajstić information content (AvgIpc) is 2.53. The highest BCUT2D eigenvalue weighted by Crippen LogP contribution is 2.28. The molecule has 4 nitrogen and oxygen atoms in total. The van der Waals surface area contributed by atoms with Crippen molar-refractivity contribution in [2.75, 3.05) is 7.11 Å². The lowest BCUT2D eigenvalue weighted by molar-refractivity contribution is 0.411. The van der Waals surface area contributed by atoms with Crippen LogP contribution in [0.25, 0.3) is 0 Å². The molecule has 1 atom stereocenters. The van der Waals surface area contributed by atoms with Crippen LogP contribution in [0.2, 0.25) is 0 Å². The molecule has 2 aromatic rings. The van der Waals surface area contributed by atoms with Crippen molar-refractivity contribution in [3.63, 3.8) is 0 Å². The highest BCUT2D eigenvalue weighted by molar-refractivity contribution is 9.10. The van der Waals surface area contributed by atoms with Crippen LogP contribution in [0.4, 0.5) is 0 Å². The molecule has 0 spiro atoms. The monoisotopic (exact) mass is 383 g/mol. The van der Waals surface area contributed by atoms with E-state index in [-0.39, 0.29) is 10.9 Å². The Morgan fingerprint density at radius 2 is 1.86 bits per heavy atom. The summed E-state index contributed by atoms with van der Waals surface area (Å²) >= 11 is 3.31. The fourth-order valence-electron chi connectivity index (χ4n) is 2.14. The van der Waals surface area contributed by atoms with E-state index in [4.69, 9.17) is 4.74 Å². The van der Waals surface area contributed by atoms with Crippen LogP contribution in [0.3, 0.4) is 0 Å². The highest BCUT2D eigenvalue weighted by atomic mass is 79.9. The number of ether oxygens (including phenoxy) is 1. The minimum Gasteiger partial charge on any atom is -0.496 e. The van der Waals surface area contributed by atoms with Crippen LogP contribution in [0, 0.1) is 0 Å². The Bertz CT molecular complexity index is 732. The van der Waals surface area contributed by atoms with Crippen LogP contribution in [0.15, 0.2) is 57.9 Å². The van der Waals surface area contributed by atoms with Gasteiger partial charge in [0, 0.05) is 6.04 Å². The first kappa shape index (κ1) is 17.0. The van der Waals surface area contributed by atoms with Gasteiger partial charge in [-0.2, -0.15) is 0 Å². The highest BCUT2D eigenvalue weighted by Gasteiger charge is 2.21. The second kappa shape index (κ2) is 7.26. The van der Waals surface area contributed by atoms with Gasteiger partial charge < -0.3 is 4.74 Å². The Hall–Kier alpha value is -1.37. The van der Waals surface area contributed by atoms with Crippen molar-refractivity contribution in [1.82, 2.24) is 4.72 Å². The minimum atomic E-state index is -3.60. The van der Waals surface area contributed by atoms with E-state index in [2.05, 4.69) is 20.7 Å². The number of halogens is 1. The quantitative estimate of drug-likeness (QED) is 0.822. The molecule has 0 fully saturated rings. The summed E-state index contributed by atoms with van der Waals surface area (Å²) in [4.78, 5) is 0.203. The number of rotatable bonds is 6. The molecule has 0 radical (unpaired) electrons. The van der Waals surface area contributed by atoms with Crippen molar-refractivity contribution in [2.45, 2.75) is 24.3 Å². The summed E-state index contributed by atoms with van der Waals surface area (Å²) in [6, 6.07) is 14.0. The first-order valence-corrected chi connectivity index (χ1v) is 9.16. The molecule has 0 aromatic heterocycles. The summed E-state index contributed by atoms with van der Waals surface area (Å²) in [5.41, 5.74) is 0.946. The van der Waals surface area contributed by atoms with E-state index in [1.165, 1.54) is 13.2 Å². The molecule has 0 bridgehead atoms. The molecule has 0 aliphatic heterocycles. The zero-order valence-corrected chi connectivity index (χ0v) is 14.8. The van der Waals surface area contributed by atoms with Gasteiger partial charge in [0.2, 0.25) is 10.0 Å². The van der Waals surface area contributed by atoms with Crippen molar-refractivity contribution >= 4 is 26.0 Å². The molecule has 118 valence electrons. The third-order valence-electron chi connectivity index (χ3n) is 3.34. The van der Waals surface area contributed by atoms with E-state index in [1.54, 1.807) is 12.1 Å². The second-order valence-electron chi connectivity index (χ2n) is 4.79. The van der Waals surface area contributed by atoms with Crippen molar-refractivity contribution in [1.29, 1.82) is 0 Å². The van der Waals surface area contributed by atoms with E-state index in [9.17, 15) is 8.42 Å². The van der Waals surface area contributed by atoms with Gasteiger partial charge in [-0.05, 0) is 46.1 Å². The van der Waals surface area contributed by atoms with Crippen LogP contribution < -0.4 is 9.46 Å². The molecule has 0 aliphatic carbocycles. The van der Waals surface area contributed by atoms with Gasteiger partial charge in [0.15, 0.2) is 0 Å². The zero-order chi connectivity index (χ0) is 16.2. The number of methoxy groups -OCH3 is 1. The van der Waals surface area contributed by atoms with E-state index in [1.807, 2.05) is 37.3 Å². The van der Waals surface area contributed by atoms with Crippen molar-refractivity contribution in [2.24, 2.45) is 0 Å². The van der Waals surface area contributed by atoms with Crippen LogP contribution in [0.5, 0.6) is 5.75 Å². The van der Waals surface area contributed by atoms with Gasteiger partial charge in [0.05, 0.1) is 16.5 Å². The maximum absolute atomic E-state index is 12.6. The Kier molecular flexibility index (Phi) is 5.61.